The summed E-state index contributed by atoms with van der Waals surface area (Å²) >= 11 is 0. The van der Waals surface area contributed by atoms with Gasteiger partial charge in [0, 0.05) is 17.7 Å². The number of aromatic hydroxyl groups is 3. The Morgan fingerprint density at radius 3 is 2.11 bits per heavy atom. The lowest BCUT2D eigenvalue weighted by molar-refractivity contribution is -0.352. The predicted molar refractivity (Wildman–Crippen MR) is 146 cm³/mol. The molecule has 0 unspecified atom stereocenters. The topological polar surface area (TPSA) is 279 Å². The predicted octanol–water partition coefficient (Wildman–Crippen LogP) is -2.41. The third-order valence-electron chi connectivity index (χ3n) is 7.56. The molecule has 0 saturated carbocycles. The molecule has 3 aromatic rings. The van der Waals surface area contributed by atoms with Gasteiger partial charge in [0.15, 0.2) is 23.5 Å². The van der Waals surface area contributed by atoms with Crippen molar-refractivity contribution in [2.24, 2.45) is 0 Å². The number of phenolic OH excluding ortho intramolecular Hbond substituents is 3. The standard InChI is InChI=1S/C28H32O17/c1-40-13-4-9(2-3-11(13)32)24-26(20(36)17-12(33)5-10(31)6-14(17)41-24)45-28-23(39)25(19(35)16(8-30)43-28)44-27-22(38)21(37)18(34)15(7-29)42-27/h2-6,15-16,18-19,21-23,25,27-35,37-39H,7-8H2,1H3/t15-,16+,18-,19+,21+,22-,23-,25+,27+,28+/m1/s1. The monoisotopic (exact) mass is 640 g/mol. The van der Waals surface area contributed by atoms with Gasteiger partial charge in [-0.2, -0.15) is 0 Å². The smallest absolute Gasteiger partial charge is 0.239 e. The van der Waals surface area contributed by atoms with Gasteiger partial charge in [-0.15, -0.1) is 0 Å². The van der Waals surface area contributed by atoms with E-state index in [0.717, 1.165) is 12.1 Å². The van der Waals surface area contributed by atoms with Gasteiger partial charge in [0.1, 0.15) is 71.3 Å². The summed E-state index contributed by atoms with van der Waals surface area (Å²) in [6, 6.07) is 5.74. The van der Waals surface area contributed by atoms with Crippen LogP contribution >= 0.6 is 0 Å². The molecule has 10 N–H and O–H groups in total. The Balaban J connectivity index is 1.56. The molecule has 2 aromatic carbocycles. The average molecular weight is 641 g/mol. The van der Waals surface area contributed by atoms with E-state index in [9.17, 15) is 55.9 Å². The maximum Gasteiger partial charge on any atom is 0.239 e. The van der Waals surface area contributed by atoms with Gasteiger partial charge in [-0.05, 0) is 18.2 Å². The van der Waals surface area contributed by atoms with Crippen molar-refractivity contribution in [2.45, 2.75) is 61.4 Å². The number of ether oxygens (including phenoxy) is 5. The van der Waals surface area contributed by atoms with Crippen LogP contribution in [0, 0.1) is 0 Å². The number of aliphatic hydroxyl groups is 7. The molecule has 3 heterocycles. The summed E-state index contributed by atoms with van der Waals surface area (Å²) < 4.78 is 33.2. The lowest BCUT2D eigenvalue weighted by atomic mass is 9.97. The summed E-state index contributed by atoms with van der Waals surface area (Å²) in [7, 11) is 1.27. The molecule has 5 rings (SSSR count). The minimum Gasteiger partial charge on any atom is -0.508 e. The third-order valence-corrected chi connectivity index (χ3v) is 7.56. The molecule has 10 atom stereocenters. The molecule has 1 aromatic heterocycles. The molecule has 2 fully saturated rings. The summed E-state index contributed by atoms with van der Waals surface area (Å²) in [5.41, 5.74) is -1.20. The molecular formula is C28H32O17. The first-order valence-corrected chi connectivity index (χ1v) is 13.5. The largest absolute Gasteiger partial charge is 0.508 e. The van der Waals surface area contributed by atoms with Gasteiger partial charge >= 0.3 is 0 Å². The fourth-order valence-electron chi connectivity index (χ4n) is 5.15. The average Bonchev–Trinajstić information content (AvgIpc) is 3.01. The maximum absolute atomic E-state index is 13.7. The highest BCUT2D eigenvalue weighted by molar-refractivity contribution is 5.88. The number of rotatable bonds is 8. The number of hydrogen-bond acceptors (Lipinski definition) is 17. The van der Waals surface area contributed by atoms with Gasteiger partial charge in [-0.1, -0.05) is 0 Å². The van der Waals surface area contributed by atoms with Crippen molar-refractivity contribution in [1.82, 2.24) is 0 Å². The van der Waals surface area contributed by atoms with E-state index in [0.29, 0.717) is 0 Å². The Labute approximate surface area is 252 Å². The van der Waals surface area contributed by atoms with Gasteiger partial charge in [-0.3, -0.25) is 4.79 Å². The van der Waals surface area contributed by atoms with Crippen LogP contribution in [0.15, 0.2) is 39.5 Å². The second-order valence-corrected chi connectivity index (χ2v) is 10.4. The van der Waals surface area contributed by atoms with Crippen LogP contribution in [0.5, 0.6) is 28.7 Å². The van der Waals surface area contributed by atoms with Gasteiger partial charge in [0.25, 0.3) is 0 Å². The number of benzene rings is 2. The fourth-order valence-corrected chi connectivity index (χ4v) is 5.15. The zero-order valence-electron chi connectivity index (χ0n) is 23.4. The normalized spacial score (nSPS) is 32.0. The summed E-state index contributed by atoms with van der Waals surface area (Å²) in [4.78, 5) is 13.7. The summed E-state index contributed by atoms with van der Waals surface area (Å²) in [6.45, 7) is -1.65. The quantitative estimate of drug-likeness (QED) is 0.123. The SMILES string of the molecule is COc1cc(-c2oc3cc(O)cc(O)c3c(=O)c2O[C@@H]2O[C@@H](CO)[C@H](O)[C@H](O[C@@H]3O[C@H](CO)[C@@H](O)[C@H](O)[C@H]3O)[C@H]2O)ccc1O. The van der Waals surface area contributed by atoms with E-state index in [1.807, 2.05) is 0 Å². The Morgan fingerprint density at radius 2 is 1.44 bits per heavy atom. The summed E-state index contributed by atoms with van der Waals surface area (Å²) in [6.07, 6.45) is -17.8. The van der Waals surface area contributed by atoms with E-state index in [4.69, 9.17) is 28.1 Å². The van der Waals surface area contributed by atoms with E-state index in [2.05, 4.69) is 0 Å². The fraction of sp³-hybridized carbons (Fsp3) is 0.464. The maximum atomic E-state index is 13.7. The van der Waals surface area contributed by atoms with E-state index >= 15 is 0 Å². The van der Waals surface area contributed by atoms with Gasteiger partial charge in [0.05, 0.1) is 20.3 Å². The molecule has 246 valence electrons. The van der Waals surface area contributed by atoms with Crippen molar-refractivity contribution in [1.29, 1.82) is 0 Å². The number of fused-ring (bicyclic) bond motifs is 1. The second kappa shape index (κ2) is 12.9. The van der Waals surface area contributed by atoms with Gasteiger partial charge < -0.3 is 79.2 Å². The van der Waals surface area contributed by atoms with Crippen LogP contribution in [0.2, 0.25) is 0 Å². The van der Waals surface area contributed by atoms with Crippen LogP contribution in [0.4, 0.5) is 0 Å². The van der Waals surface area contributed by atoms with Crippen LogP contribution in [0.25, 0.3) is 22.3 Å². The Bertz CT molecular complexity index is 1570. The first-order chi connectivity index (χ1) is 21.4. The Morgan fingerprint density at radius 1 is 0.778 bits per heavy atom. The molecule has 2 saturated heterocycles. The highest BCUT2D eigenvalue weighted by Crippen LogP contribution is 2.40. The van der Waals surface area contributed by atoms with Crippen molar-refractivity contribution < 1.29 is 79.2 Å². The van der Waals surface area contributed by atoms with Crippen LogP contribution in [-0.2, 0) is 14.2 Å². The molecule has 0 aliphatic carbocycles. The van der Waals surface area contributed by atoms with Crippen LogP contribution in [0.1, 0.15) is 0 Å². The van der Waals surface area contributed by atoms with Crippen LogP contribution in [0.3, 0.4) is 0 Å². The molecule has 0 amide bonds. The number of phenols is 3. The van der Waals surface area contributed by atoms with Gasteiger partial charge in [0.2, 0.25) is 17.5 Å². The molecule has 0 radical (unpaired) electrons. The summed E-state index contributed by atoms with van der Waals surface area (Å²) in [5.74, 6) is -2.43. The van der Waals surface area contributed by atoms with E-state index in [1.54, 1.807) is 0 Å². The molecule has 17 heteroatoms. The number of aliphatic hydroxyl groups excluding tert-OH is 7. The molecule has 2 aliphatic heterocycles. The van der Waals surface area contributed by atoms with Crippen molar-refractivity contribution in [3.63, 3.8) is 0 Å². The molecule has 0 spiro atoms. The van der Waals surface area contributed by atoms with E-state index in [1.165, 1.54) is 25.3 Å². The van der Waals surface area contributed by atoms with Crippen molar-refractivity contribution in [3.8, 4) is 40.1 Å². The minimum atomic E-state index is -2.01. The van der Waals surface area contributed by atoms with Crippen LogP contribution < -0.4 is 14.9 Å². The lowest BCUT2D eigenvalue weighted by Gasteiger charge is -2.45. The van der Waals surface area contributed by atoms with E-state index < -0.39 is 103 Å². The minimum absolute atomic E-state index is 0.0367. The molecule has 0 bridgehead atoms. The van der Waals surface area contributed by atoms with E-state index in [-0.39, 0.29) is 28.4 Å². The first kappa shape index (κ1) is 32.6. The molecule has 17 nitrogen and oxygen atoms in total. The first-order valence-electron chi connectivity index (χ1n) is 13.5. The van der Waals surface area contributed by atoms with Crippen molar-refractivity contribution in [2.75, 3.05) is 20.3 Å². The van der Waals surface area contributed by atoms with Crippen LogP contribution in [-0.4, -0.2) is 133 Å². The van der Waals surface area contributed by atoms with Gasteiger partial charge in [-0.25, -0.2) is 0 Å². The Kier molecular flexibility index (Phi) is 9.38. The molecule has 2 aliphatic rings. The number of hydrogen-bond donors (Lipinski definition) is 10. The van der Waals surface area contributed by atoms with Crippen molar-refractivity contribution in [3.05, 3.63) is 40.6 Å². The summed E-state index contributed by atoms with van der Waals surface area (Å²) in [5, 5.41) is 102. The number of methoxy groups -OCH3 is 1. The lowest BCUT2D eigenvalue weighted by Crippen LogP contribution is -2.65. The highest BCUT2D eigenvalue weighted by atomic mass is 16.7. The zero-order chi connectivity index (χ0) is 32.7. The Hall–Kier alpha value is -3.75. The molecular weight excluding hydrogens is 608 g/mol. The zero-order valence-corrected chi connectivity index (χ0v) is 23.4. The van der Waals surface area contributed by atoms with Crippen molar-refractivity contribution >= 4 is 11.0 Å². The third kappa shape index (κ3) is 5.98. The molecule has 45 heavy (non-hydrogen) atoms. The second-order valence-electron chi connectivity index (χ2n) is 10.4. The highest BCUT2D eigenvalue weighted by Gasteiger charge is 2.51.